The zero-order chi connectivity index (χ0) is 27.0. The Bertz CT molecular complexity index is 1590. The number of hydrogen-bond acceptors (Lipinski definition) is 6. The predicted octanol–water partition coefficient (Wildman–Crippen LogP) is 6.93. The number of para-hydroxylation sites is 1. The molecule has 0 fully saturated rings. The number of halogens is 1. The number of aromatic nitrogens is 3. The van der Waals surface area contributed by atoms with Crippen molar-refractivity contribution < 1.29 is 9.53 Å². The standard InChI is InChI=1S/C30H24ClN5O2S/c1-21-10-12-23(13-11-21)29-34-35-30(36(29)25-16-14-24(31)15-17-25)39-20-28(37)33-32-19-22-6-5-9-27(18-22)38-26-7-3-2-4-8-26/h2-19H,20H2,1H3,(H,33,37)/b32-19+. The molecule has 1 heterocycles. The maximum absolute atomic E-state index is 12.6. The summed E-state index contributed by atoms with van der Waals surface area (Å²) in [6.07, 6.45) is 1.58. The summed E-state index contributed by atoms with van der Waals surface area (Å²) in [7, 11) is 0. The molecular weight excluding hydrogens is 530 g/mol. The van der Waals surface area contributed by atoms with Crippen LogP contribution in [0.1, 0.15) is 11.1 Å². The molecule has 1 N–H and O–H groups in total. The van der Waals surface area contributed by atoms with Gasteiger partial charge in [-0.25, -0.2) is 5.43 Å². The molecule has 1 aromatic heterocycles. The van der Waals surface area contributed by atoms with Crippen LogP contribution in [0.5, 0.6) is 11.5 Å². The topological polar surface area (TPSA) is 81.4 Å². The number of nitrogens with zero attached hydrogens (tertiary/aromatic N) is 4. The Balaban J connectivity index is 1.25. The summed E-state index contributed by atoms with van der Waals surface area (Å²) < 4.78 is 7.77. The number of ether oxygens (including phenoxy) is 1. The smallest absolute Gasteiger partial charge is 0.250 e. The Morgan fingerprint density at radius 3 is 2.46 bits per heavy atom. The molecule has 0 saturated heterocycles. The van der Waals surface area contributed by atoms with E-state index in [1.54, 1.807) is 6.21 Å². The van der Waals surface area contributed by atoms with E-state index in [9.17, 15) is 4.79 Å². The van der Waals surface area contributed by atoms with Crippen LogP contribution >= 0.6 is 23.4 Å². The molecule has 0 unspecified atom stereocenters. The Morgan fingerprint density at radius 1 is 0.949 bits per heavy atom. The third-order valence-corrected chi connectivity index (χ3v) is 6.78. The molecule has 0 atom stereocenters. The van der Waals surface area contributed by atoms with Gasteiger partial charge in [0.15, 0.2) is 11.0 Å². The number of aryl methyl sites for hydroxylation is 1. The second-order valence-corrected chi connectivity index (χ2v) is 9.93. The number of amides is 1. The summed E-state index contributed by atoms with van der Waals surface area (Å²) in [6.45, 7) is 2.03. The lowest BCUT2D eigenvalue weighted by Gasteiger charge is -2.10. The van der Waals surface area contributed by atoms with E-state index >= 15 is 0 Å². The predicted molar refractivity (Wildman–Crippen MR) is 156 cm³/mol. The van der Waals surface area contributed by atoms with Crippen molar-refractivity contribution in [2.45, 2.75) is 12.1 Å². The van der Waals surface area contributed by atoms with Crippen LogP contribution in [-0.2, 0) is 4.79 Å². The molecule has 0 bridgehead atoms. The Morgan fingerprint density at radius 2 is 1.69 bits per heavy atom. The molecule has 5 rings (SSSR count). The monoisotopic (exact) mass is 553 g/mol. The zero-order valence-electron chi connectivity index (χ0n) is 21.0. The Kier molecular flexibility index (Phi) is 8.36. The minimum atomic E-state index is -0.268. The number of carbonyl (C=O) groups is 1. The summed E-state index contributed by atoms with van der Waals surface area (Å²) >= 11 is 7.38. The van der Waals surface area contributed by atoms with Gasteiger partial charge in [0.2, 0.25) is 0 Å². The van der Waals surface area contributed by atoms with Gasteiger partial charge >= 0.3 is 0 Å². The van der Waals surface area contributed by atoms with Crippen molar-refractivity contribution in [3.63, 3.8) is 0 Å². The normalized spacial score (nSPS) is 11.0. The molecule has 4 aromatic carbocycles. The van der Waals surface area contributed by atoms with Crippen LogP contribution in [0.3, 0.4) is 0 Å². The second kappa shape index (κ2) is 12.4. The van der Waals surface area contributed by atoms with E-state index in [-0.39, 0.29) is 11.7 Å². The van der Waals surface area contributed by atoms with Gasteiger partial charge in [0, 0.05) is 16.3 Å². The maximum atomic E-state index is 12.6. The zero-order valence-corrected chi connectivity index (χ0v) is 22.6. The molecule has 0 aliphatic carbocycles. The lowest BCUT2D eigenvalue weighted by Crippen LogP contribution is -2.20. The van der Waals surface area contributed by atoms with E-state index in [1.807, 2.05) is 115 Å². The van der Waals surface area contributed by atoms with Crippen molar-refractivity contribution >= 4 is 35.5 Å². The lowest BCUT2D eigenvalue weighted by molar-refractivity contribution is -0.118. The third kappa shape index (κ3) is 6.93. The van der Waals surface area contributed by atoms with Gasteiger partial charge in [0.05, 0.1) is 12.0 Å². The third-order valence-electron chi connectivity index (χ3n) is 5.60. The fourth-order valence-corrected chi connectivity index (χ4v) is 4.57. The van der Waals surface area contributed by atoms with E-state index < -0.39 is 0 Å². The van der Waals surface area contributed by atoms with Crippen molar-refractivity contribution in [2.24, 2.45) is 5.10 Å². The number of carbonyl (C=O) groups excluding carboxylic acids is 1. The molecule has 39 heavy (non-hydrogen) atoms. The van der Waals surface area contributed by atoms with Crippen molar-refractivity contribution in [1.29, 1.82) is 0 Å². The molecule has 194 valence electrons. The van der Waals surface area contributed by atoms with E-state index in [2.05, 4.69) is 20.7 Å². The molecule has 9 heteroatoms. The van der Waals surface area contributed by atoms with Crippen LogP contribution in [0, 0.1) is 6.92 Å². The molecule has 0 saturated carbocycles. The fraction of sp³-hybridized carbons (Fsp3) is 0.0667. The number of nitrogens with one attached hydrogen (secondary N) is 1. The highest BCUT2D eigenvalue weighted by atomic mass is 35.5. The van der Waals surface area contributed by atoms with Gasteiger partial charge in [-0.05, 0) is 61.0 Å². The minimum absolute atomic E-state index is 0.105. The largest absolute Gasteiger partial charge is 0.457 e. The average Bonchev–Trinajstić information content (AvgIpc) is 3.37. The summed E-state index contributed by atoms with van der Waals surface area (Å²) in [5.74, 6) is 1.94. The van der Waals surface area contributed by atoms with Gasteiger partial charge < -0.3 is 4.74 Å². The van der Waals surface area contributed by atoms with Crippen molar-refractivity contribution in [3.8, 4) is 28.6 Å². The molecular formula is C30H24ClN5O2S. The van der Waals surface area contributed by atoms with Gasteiger partial charge in [-0.2, -0.15) is 5.10 Å². The van der Waals surface area contributed by atoms with Crippen LogP contribution in [0.2, 0.25) is 5.02 Å². The first-order valence-corrected chi connectivity index (χ1v) is 13.5. The summed E-state index contributed by atoms with van der Waals surface area (Å²) in [6, 6.07) is 32.4. The highest BCUT2D eigenvalue weighted by molar-refractivity contribution is 7.99. The van der Waals surface area contributed by atoms with Crippen LogP contribution in [0.4, 0.5) is 0 Å². The first-order valence-electron chi connectivity index (χ1n) is 12.1. The molecule has 7 nitrogen and oxygen atoms in total. The average molecular weight is 554 g/mol. The van der Waals surface area contributed by atoms with Crippen LogP contribution in [-0.4, -0.2) is 32.6 Å². The van der Waals surface area contributed by atoms with E-state index in [4.69, 9.17) is 16.3 Å². The van der Waals surface area contributed by atoms with Crippen molar-refractivity contribution in [3.05, 3.63) is 119 Å². The van der Waals surface area contributed by atoms with Crippen LogP contribution in [0.25, 0.3) is 17.1 Å². The molecule has 0 spiro atoms. The van der Waals surface area contributed by atoms with E-state index in [0.717, 1.165) is 28.1 Å². The SMILES string of the molecule is Cc1ccc(-c2nnc(SCC(=O)N/N=C/c3cccc(Oc4ccccc4)c3)n2-c2ccc(Cl)cc2)cc1. The Labute approximate surface area is 235 Å². The second-order valence-electron chi connectivity index (χ2n) is 8.55. The summed E-state index contributed by atoms with van der Waals surface area (Å²) in [4.78, 5) is 12.6. The quantitative estimate of drug-likeness (QED) is 0.122. The first-order chi connectivity index (χ1) is 19.0. The first kappa shape index (κ1) is 26.2. The maximum Gasteiger partial charge on any atom is 0.250 e. The van der Waals surface area contributed by atoms with Gasteiger partial charge in [-0.15, -0.1) is 10.2 Å². The highest BCUT2D eigenvalue weighted by Gasteiger charge is 2.17. The van der Waals surface area contributed by atoms with Gasteiger partial charge in [0.1, 0.15) is 11.5 Å². The Hall–Kier alpha value is -4.40. The summed E-state index contributed by atoms with van der Waals surface area (Å²) in [5, 5.41) is 14.1. The number of hydrazone groups is 1. The van der Waals surface area contributed by atoms with Gasteiger partial charge in [-0.3, -0.25) is 9.36 Å². The van der Waals surface area contributed by atoms with Crippen LogP contribution < -0.4 is 10.2 Å². The number of rotatable bonds is 9. The molecule has 1 amide bonds. The van der Waals surface area contributed by atoms with E-state index in [1.165, 1.54) is 11.8 Å². The number of thioether (sulfide) groups is 1. The fourth-order valence-electron chi connectivity index (χ4n) is 3.70. The number of benzene rings is 4. The summed E-state index contributed by atoms with van der Waals surface area (Å²) in [5.41, 5.74) is 6.29. The number of hydrogen-bond donors (Lipinski definition) is 1. The minimum Gasteiger partial charge on any atom is -0.457 e. The molecule has 0 aliphatic rings. The molecule has 0 aliphatic heterocycles. The molecule has 5 aromatic rings. The van der Waals surface area contributed by atoms with E-state index in [0.29, 0.717) is 21.8 Å². The van der Waals surface area contributed by atoms with Gasteiger partial charge in [0.25, 0.3) is 5.91 Å². The lowest BCUT2D eigenvalue weighted by atomic mass is 10.1. The highest BCUT2D eigenvalue weighted by Crippen LogP contribution is 2.29. The molecule has 0 radical (unpaired) electrons. The van der Waals surface area contributed by atoms with Crippen LogP contribution in [0.15, 0.2) is 113 Å². The van der Waals surface area contributed by atoms with Crippen molar-refractivity contribution in [2.75, 3.05) is 5.75 Å². The van der Waals surface area contributed by atoms with Crippen molar-refractivity contribution in [1.82, 2.24) is 20.2 Å². The van der Waals surface area contributed by atoms with Gasteiger partial charge in [-0.1, -0.05) is 83.5 Å².